The van der Waals surface area contributed by atoms with E-state index in [-0.39, 0.29) is 51.1 Å². The standard InChI is InChI=1S/C51H34O/c1-51(2)44-23-10-9-15-36(44)41-21-11-20-34(49(41)51)32-25-27-33(28-26-32)46-37-16-5-7-18-39(37)47(40-19-8-6-17-38(40)46)42-22-12-24-45-48(42)43-30-29-31-13-3-4-14-35(31)50(43)52-45/h3-30H,1-2H3/i5D,6D,7D,8D,16D,17D,18D,19D. The molecular formula is C51H34O. The summed E-state index contributed by atoms with van der Waals surface area (Å²) in [6.45, 7) is 4.48. The highest BCUT2D eigenvalue weighted by Crippen LogP contribution is 2.52. The first-order chi connectivity index (χ1) is 28.9. The number of hydrogen-bond acceptors (Lipinski definition) is 1. The quantitative estimate of drug-likeness (QED) is 0.171. The zero-order valence-electron chi connectivity index (χ0n) is 36.5. The molecule has 10 aromatic rings. The molecule has 0 saturated heterocycles. The van der Waals surface area contributed by atoms with Crippen molar-refractivity contribution in [3.63, 3.8) is 0 Å². The van der Waals surface area contributed by atoms with E-state index in [2.05, 4.69) is 56.3 Å². The summed E-state index contributed by atoms with van der Waals surface area (Å²) >= 11 is 0. The van der Waals surface area contributed by atoms with Gasteiger partial charge >= 0.3 is 0 Å². The molecule has 0 amide bonds. The van der Waals surface area contributed by atoms with Gasteiger partial charge in [-0.2, -0.15) is 0 Å². The third kappa shape index (κ3) is 3.99. The van der Waals surface area contributed by atoms with Crippen molar-refractivity contribution in [1.29, 1.82) is 0 Å². The summed E-state index contributed by atoms with van der Waals surface area (Å²) in [4.78, 5) is 0. The van der Waals surface area contributed by atoms with Crippen LogP contribution >= 0.6 is 0 Å². The Balaban J connectivity index is 1.25. The van der Waals surface area contributed by atoms with E-state index < -0.39 is 24.2 Å². The van der Waals surface area contributed by atoms with Crippen LogP contribution in [-0.4, -0.2) is 0 Å². The van der Waals surface area contributed by atoms with E-state index in [0.29, 0.717) is 38.8 Å². The van der Waals surface area contributed by atoms with Crippen molar-refractivity contribution in [1.82, 2.24) is 0 Å². The predicted molar refractivity (Wildman–Crippen MR) is 220 cm³/mol. The van der Waals surface area contributed by atoms with Gasteiger partial charge in [-0.3, -0.25) is 0 Å². The number of rotatable bonds is 3. The molecule has 0 unspecified atom stereocenters. The monoisotopic (exact) mass is 670 g/mol. The lowest BCUT2D eigenvalue weighted by atomic mass is 9.78. The minimum absolute atomic E-state index is 0.167. The first-order valence-corrected chi connectivity index (χ1v) is 17.5. The van der Waals surface area contributed by atoms with E-state index >= 15 is 0 Å². The van der Waals surface area contributed by atoms with Crippen LogP contribution in [0.2, 0.25) is 0 Å². The van der Waals surface area contributed by atoms with Gasteiger partial charge in [0.2, 0.25) is 0 Å². The molecule has 0 bridgehead atoms. The van der Waals surface area contributed by atoms with E-state index in [9.17, 15) is 5.48 Å². The van der Waals surface area contributed by atoms with Crippen molar-refractivity contribution in [2.75, 3.05) is 0 Å². The zero-order chi connectivity index (χ0) is 41.5. The Labute approximate surface area is 313 Å². The van der Waals surface area contributed by atoms with Crippen LogP contribution in [0.5, 0.6) is 0 Å². The van der Waals surface area contributed by atoms with Crippen molar-refractivity contribution >= 4 is 54.3 Å². The Morgan fingerprint density at radius 1 is 0.462 bits per heavy atom. The van der Waals surface area contributed by atoms with Crippen LogP contribution in [0.25, 0.3) is 98.8 Å². The molecular weight excluding hydrogens is 629 g/mol. The minimum atomic E-state index is -0.438. The first-order valence-electron chi connectivity index (χ1n) is 21.5. The fourth-order valence-electron chi connectivity index (χ4n) is 8.85. The van der Waals surface area contributed by atoms with Crippen LogP contribution in [0.4, 0.5) is 0 Å². The second kappa shape index (κ2) is 10.8. The summed E-state index contributed by atoms with van der Waals surface area (Å²) in [7, 11) is 0. The van der Waals surface area contributed by atoms with Crippen LogP contribution in [0.1, 0.15) is 35.9 Å². The number of furan rings is 1. The largest absolute Gasteiger partial charge is 0.455 e. The highest BCUT2D eigenvalue weighted by Gasteiger charge is 2.37. The summed E-state index contributed by atoms with van der Waals surface area (Å²) in [5.74, 6) is 0. The second-order valence-electron chi connectivity index (χ2n) is 14.2. The maximum Gasteiger partial charge on any atom is 0.143 e. The maximum absolute atomic E-state index is 9.52. The Morgan fingerprint density at radius 2 is 1.06 bits per heavy atom. The fraction of sp³-hybridized carbons (Fsp3) is 0.0588. The van der Waals surface area contributed by atoms with E-state index in [4.69, 9.17) is 9.90 Å². The summed E-state index contributed by atoms with van der Waals surface area (Å²) < 4.78 is 80.3. The highest BCUT2D eigenvalue weighted by molar-refractivity contribution is 6.27. The van der Waals surface area contributed by atoms with Crippen molar-refractivity contribution < 1.29 is 15.4 Å². The van der Waals surface area contributed by atoms with E-state index in [1.165, 1.54) is 22.3 Å². The SMILES string of the molecule is [2H]c1c([2H])c([2H])c2c(-c3cccc4oc5c6ccccc6ccc5c34)c3c([2H])c([2H])c([2H])c([2H])c3c(-c3ccc(-c4cccc5c4C(C)(C)c4ccccc4-5)cc3)c2c1[2H]. The van der Waals surface area contributed by atoms with Crippen molar-refractivity contribution in [2.24, 2.45) is 0 Å². The minimum Gasteiger partial charge on any atom is -0.455 e. The molecule has 244 valence electrons. The summed E-state index contributed by atoms with van der Waals surface area (Å²) in [6.07, 6.45) is 0. The van der Waals surface area contributed by atoms with Gasteiger partial charge in [0.25, 0.3) is 0 Å². The molecule has 0 spiro atoms. The molecule has 1 nitrogen and oxygen atoms in total. The molecule has 0 saturated carbocycles. The van der Waals surface area contributed by atoms with Crippen molar-refractivity contribution in [3.8, 4) is 44.5 Å². The van der Waals surface area contributed by atoms with Crippen molar-refractivity contribution in [2.45, 2.75) is 19.3 Å². The van der Waals surface area contributed by atoms with Crippen LogP contribution in [0.3, 0.4) is 0 Å². The number of fused-ring (bicyclic) bond motifs is 10. The van der Waals surface area contributed by atoms with Gasteiger partial charge in [0.15, 0.2) is 0 Å². The molecule has 0 aliphatic heterocycles. The molecule has 9 aromatic carbocycles. The smallest absolute Gasteiger partial charge is 0.143 e. The number of benzene rings is 9. The van der Waals surface area contributed by atoms with Gasteiger partial charge in [0.05, 0.1) is 11.0 Å². The Hall–Kier alpha value is -6.44. The van der Waals surface area contributed by atoms with Gasteiger partial charge in [-0.05, 0) is 94.7 Å². The Morgan fingerprint density at radius 3 is 1.83 bits per heavy atom. The fourth-order valence-corrected chi connectivity index (χ4v) is 8.85. The molecule has 1 aliphatic carbocycles. The molecule has 1 heteroatoms. The molecule has 1 heterocycles. The summed E-state index contributed by atoms with van der Waals surface area (Å²) in [5, 5.41) is 4.04. The number of hydrogen-bond donors (Lipinski definition) is 0. The topological polar surface area (TPSA) is 13.1 Å². The molecule has 1 aliphatic rings. The van der Waals surface area contributed by atoms with Crippen LogP contribution in [-0.2, 0) is 5.41 Å². The molecule has 0 fully saturated rings. The zero-order valence-corrected chi connectivity index (χ0v) is 28.5. The van der Waals surface area contributed by atoms with Gasteiger partial charge in [0, 0.05) is 21.6 Å². The predicted octanol–water partition coefficient (Wildman–Crippen LogP) is 14.4. The third-order valence-corrected chi connectivity index (χ3v) is 11.1. The third-order valence-electron chi connectivity index (χ3n) is 11.1. The van der Waals surface area contributed by atoms with Gasteiger partial charge < -0.3 is 4.42 Å². The molecule has 0 atom stereocenters. The van der Waals surface area contributed by atoms with Crippen molar-refractivity contribution in [3.05, 3.63) is 181 Å². The van der Waals surface area contributed by atoms with Gasteiger partial charge in [-0.15, -0.1) is 0 Å². The van der Waals surface area contributed by atoms with Crippen LogP contribution < -0.4 is 0 Å². The first kappa shape index (κ1) is 22.4. The van der Waals surface area contributed by atoms with E-state index in [1.807, 2.05) is 78.9 Å². The lowest BCUT2D eigenvalue weighted by Gasteiger charge is -2.24. The van der Waals surface area contributed by atoms with E-state index in [0.717, 1.165) is 27.3 Å². The lowest BCUT2D eigenvalue weighted by Crippen LogP contribution is -2.16. The summed E-state index contributed by atoms with van der Waals surface area (Å²) in [6, 6.07) is 37.1. The highest BCUT2D eigenvalue weighted by atomic mass is 16.3. The Bertz CT molecular complexity index is 3470. The summed E-state index contributed by atoms with van der Waals surface area (Å²) in [5.41, 5.74) is 9.55. The molecule has 11 rings (SSSR count). The molecule has 0 N–H and O–H groups in total. The molecule has 52 heavy (non-hydrogen) atoms. The van der Waals surface area contributed by atoms with Gasteiger partial charge in [-0.25, -0.2) is 0 Å². The van der Waals surface area contributed by atoms with Crippen LogP contribution in [0, 0.1) is 0 Å². The van der Waals surface area contributed by atoms with E-state index in [1.54, 1.807) is 0 Å². The normalized spacial score (nSPS) is 15.5. The maximum atomic E-state index is 9.52. The second-order valence-corrected chi connectivity index (χ2v) is 14.2. The average molecular weight is 671 g/mol. The molecule has 0 radical (unpaired) electrons. The molecule has 1 aromatic heterocycles. The van der Waals surface area contributed by atoms with Gasteiger partial charge in [0.1, 0.15) is 11.2 Å². The average Bonchev–Trinajstić information content (AvgIpc) is 3.78. The van der Waals surface area contributed by atoms with Crippen LogP contribution in [0.15, 0.2) is 174 Å². The Kier molecular flexibility index (Phi) is 4.64. The van der Waals surface area contributed by atoms with Gasteiger partial charge in [-0.1, -0.05) is 171 Å². The lowest BCUT2D eigenvalue weighted by molar-refractivity contribution is 0.662.